The summed E-state index contributed by atoms with van der Waals surface area (Å²) in [6.07, 6.45) is 0. The predicted molar refractivity (Wildman–Crippen MR) is 55.4 cm³/mol. The highest BCUT2D eigenvalue weighted by Crippen LogP contribution is 2.14. The number of hydrogen-bond acceptors (Lipinski definition) is 4. The highest BCUT2D eigenvalue weighted by atomic mass is 32.2. The summed E-state index contributed by atoms with van der Waals surface area (Å²) in [7, 11) is 0. The zero-order valence-corrected chi connectivity index (χ0v) is 9.06. The maximum Gasteiger partial charge on any atom is 0.167 e. The lowest BCUT2D eigenvalue weighted by Crippen LogP contribution is -2.06. The van der Waals surface area contributed by atoms with Gasteiger partial charge in [-0.1, -0.05) is 13.8 Å². The third-order valence-corrected chi connectivity index (χ3v) is 2.62. The molecule has 0 bridgehead atoms. The second-order valence-electron chi connectivity index (χ2n) is 3.29. The molecule has 1 aromatic rings. The molecule has 0 aliphatic carbocycles. The first-order valence-electron chi connectivity index (χ1n) is 4.38. The van der Waals surface area contributed by atoms with Crippen LogP contribution in [0.1, 0.15) is 38.5 Å². The molecule has 5 heteroatoms. The van der Waals surface area contributed by atoms with Crippen LogP contribution in [0.4, 0.5) is 0 Å². The van der Waals surface area contributed by atoms with Gasteiger partial charge in [0.15, 0.2) is 5.82 Å². The molecule has 1 unspecified atom stereocenters. The molecule has 0 saturated heterocycles. The van der Waals surface area contributed by atoms with Crippen molar-refractivity contribution >= 4 is 11.8 Å². The lowest BCUT2D eigenvalue weighted by molar-refractivity contribution is 0.745. The Morgan fingerprint density at radius 2 is 2.15 bits per heavy atom. The SMILES string of the molecule is CC(C)SCc1nc(C(C)N)n[nH]1. The van der Waals surface area contributed by atoms with Crippen LogP contribution in [0.3, 0.4) is 0 Å². The van der Waals surface area contributed by atoms with E-state index in [2.05, 4.69) is 29.0 Å². The van der Waals surface area contributed by atoms with Crippen LogP contribution in [0, 0.1) is 0 Å². The quantitative estimate of drug-likeness (QED) is 0.772. The molecule has 0 aromatic carbocycles. The first-order valence-corrected chi connectivity index (χ1v) is 5.43. The van der Waals surface area contributed by atoms with Gasteiger partial charge < -0.3 is 5.73 Å². The molecule has 74 valence electrons. The van der Waals surface area contributed by atoms with Crippen molar-refractivity contribution in [2.45, 2.75) is 37.8 Å². The Kier molecular flexibility index (Phi) is 3.74. The minimum Gasteiger partial charge on any atom is -0.321 e. The highest BCUT2D eigenvalue weighted by Gasteiger charge is 2.07. The van der Waals surface area contributed by atoms with Crippen LogP contribution in [0.25, 0.3) is 0 Å². The monoisotopic (exact) mass is 200 g/mol. The van der Waals surface area contributed by atoms with Crippen molar-refractivity contribution in [1.29, 1.82) is 0 Å². The number of nitrogens with zero attached hydrogens (tertiary/aromatic N) is 2. The predicted octanol–water partition coefficient (Wildman–Crippen LogP) is 1.47. The Morgan fingerprint density at radius 1 is 1.46 bits per heavy atom. The molecule has 1 heterocycles. The Balaban J connectivity index is 2.49. The molecule has 1 atom stereocenters. The van der Waals surface area contributed by atoms with Gasteiger partial charge in [0, 0.05) is 0 Å². The van der Waals surface area contributed by atoms with Crippen molar-refractivity contribution in [2.24, 2.45) is 5.73 Å². The molecule has 0 radical (unpaired) electrons. The molecule has 1 aromatic heterocycles. The van der Waals surface area contributed by atoms with Crippen molar-refractivity contribution in [3.8, 4) is 0 Å². The van der Waals surface area contributed by atoms with E-state index in [0.717, 1.165) is 11.6 Å². The molecule has 0 saturated carbocycles. The van der Waals surface area contributed by atoms with Gasteiger partial charge in [0.1, 0.15) is 5.82 Å². The molecule has 1 rings (SSSR count). The van der Waals surface area contributed by atoms with Gasteiger partial charge in [-0.15, -0.1) is 0 Å². The van der Waals surface area contributed by atoms with Crippen LogP contribution >= 0.6 is 11.8 Å². The summed E-state index contributed by atoms with van der Waals surface area (Å²) in [5, 5.41) is 7.51. The molecule has 0 aliphatic heterocycles. The van der Waals surface area contributed by atoms with E-state index in [9.17, 15) is 0 Å². The van der Waals surface area contributed by atoms with Gasteiger partial charge in [-0.05, 0) is 12.2 Å². The summed E-state index contributed by atoms with van der Waals surface area (Å²) in [5.74, 6) is 2.47. The second-order valence-corrected chi connectivity index (χ2v) is 4.85. The fraction of sp³-hybridized carbons (Fsp3) is 0.750. The fourth-order valence-corrected chi connectivity index (χ4v) is 1.44. The summed E-state index contributed by atoms with van der Waals surface area (Å²) < 4.78 is 0. The van der Waals surface area contributed by atoms with E-state index in [-0.39, 0.29) is 6.04 Å². The number of rotatable bonds is 4. The van der Waals surface area contributed by atoms with Gasteiger partial charge in [0.2, 0.25) is 0 Å². The molecule has 13 heavy (non-hydrogen) atoms. The van der Waals surface area contributed by atoms with Crippen molar-refractivity contribution in [3.63, 3.8) is 0 Å². The van der Waals surface area contributed by atoms with Crippen molar-refractivity contribution in [2.75, 3.05) is 0 Å². The van der Waals surface area contributed by atoms with Gasteiger partial charge in [-0.3, -0.25) is 5.10 Å². The van der Waals surface area contributed by atoms with Crippen LogP contribution in [-0.2, 0) is 5.75 Å². The minimum atomic E-state index is -0.0888. The smallest absolute Gasteiger partial charge is 0.167 e. The van der Waals surface area contributed by atoms with E-state index in [0.29, 0.717) is 11.1 Å². The zero-order valence-electron chi connectivity index (χ0n) is 8.24. The standard InChI is InChI=1S/C8H16N4S/c1-5(2)13-4-7-10-8(6(3)9)12-11-7/h5-6H,4,9H2,1-3H3,(H,10,11,12). The number of thioether (sulfide) groups is 1. The molecule has 3 N–H and O–H groups in total. The maximum atomic E-state index is 5.63. The van der Waals surface area contributed by atoms with E-state index in [1.54, 1.807) is 0 Å². The van der Waals surface area contributed by atoms with Crippen LogP contribution in [0.5, 0.6) is 0 Å². The Labute approximate surface area is 82.7 Å². The normalized spacial score (nSPS) is 13.6. The molecule has 0 fully saturated rings. The number of aromatic nitrogens is 3. The minimum absolute atomic E-state index is 0.0888. The van der Waals surface area contributed by atoms with Crippen molar-refractivity contribution in [1.82, 2.24) is 15.2 Å². The summed E-state index contributed by atoms with van der Waals surface area (Å²) in [4.78, 5) is 4.27. The van der Waals surface area contributed by atoms with Crippen LogP contribution in [-0.4, -0.2) is 20.4 Å². The van der Waals surface area contributed by atoms with Crippen molar-refractivity contribution < 1.29 is 0 Å². The van der Waals surface area contributed by atoms with E-state index >= 15 is 0 Å². The molecule has 0 amide bonds. The largest absolute Gasteiger partial charge is 0.321 e. The lowest BCUT2D eigenvalue weighted by atomic mass is 10.3. The van der Waals surface area contributed by atoms with Gasteiger partial charge in [0.05, 0.1) is 11.8 Å². The molecule has 0 spiro atoms. The highest BCUT2D eigenvalue weighted by molar-refractivity contribution is 7.99. The maximum absolute atomic E-state index is 5.63. The summed E-state index contributed by atoms with van der Waals surface area (Å²) in [6.45, 7) is 6.20. The van der Waals surface area contributed by atoms with Crippen LogP contribution in [0.15, 0.2) is 0 Å². The third-order valence-electron chi connectivity index (χ3n) is 1.51. The number of aromatic amines is 1. The Hall–Kier alpha value is -0.550. The number of H-pyrrole nitrogens is 1. The third kappa shape index (κ3) is 3.36. The van der Waals surface area contributed by atoms with Crippen molar-refractivity contribution in [3.05, 3.63) is 11.6 Å². The Morgan fingerprint density at radius 3 is 2.62 bits per heavy atom. The van der Waals surface area contributed by atoms with E-state index in [1.165, 1.54) is 0 Å². The molecular weight excluding hydrogens is 184 g/mol. The average molecular weight is 200 g/mol. The zero-order chi connectivity index (χ0) is 9.84. The lowest BCUT2D eigenvalue weighted by Gasteiger charge is -2.00. The summed E-state index contributed by atoms with van der Waals surface area (Å²) in [6, 6.07) is -0.0888. The average Bonchev–Trinajstić information content (AvgIpc) is 2.48. The van der Waals surface area contributed by atoms with Gasteiger partial charge in [0.25, 0.3) is 0 Å². The molecule has 4 nitrogen and oxygen atoms in total. The van der Waals surface area contributed by atoms with Crippen LogP contribution in [0.2, 0.25) is 0 Å². The number of nitrogens with two attached hydrogens (primary N) is 1. The van der Waals surface area contributed by atoms with Gasteiger partial charge >= 0.3 is 0 Å². The summed E-state index contributed by atoms with van der Waals surface area (Å²) >= 11 is 1.83. The second kappa shape index (κ2) is 4.62. The fourth-order valence-electron chi connectivity index (χ4n) is 0.824. The Bertz CT molecular complexity index is 256. The molecule has 0 aliphatic rings. The van der Waals surface area contributed by atoms with Crippen LogP contribution < -0.4 is 5.73 Å². The first-order chi connectivity index (χ1) is 6.09. The van der Waals surface area contributed by atoms with E-state index in [4.69, 9.17) is 5.73 Å². The van der Waals surface area contributed by atoms with Gasteiger partial charge in [-0.25, -0.2) is 4.98 Å². The number of nitrogens with one attached hydrogen (secondary N) is 1. The topological polar surface area (TPSA) is 67.6 Å². The molecular formula is C8H16N4S. The summed E-state index contributed by atoms with van der Waals surface area (Å²) in [5.41, 5.74) is 5.63. The number of hydrogen-bond donors (Lipinski definition) is 2. The van der Waals surface area contributed by atoms with E-state index < -0.39 is 0 Å². The van der Waals surface area contributed by atoms with Gasteiger partial charge in [-0.2, -0.15) is 16.9 Å². The van der Waals surface area contributed by atoms with E-state index in [1.807, 2.05) is 18.7 Å². The first kappa shape index (κ1) is 10.5.